The highest BCUT2D eigenvalue weighted by molar-refractivity contribution is 7.89. The highest BCUT2D eigenvalue weighted by Gasteiger charge is 2.23. The van der Waals surface area contributed by atoms with E-state index in [4.69, 9.17) is 4.74 Å². The van der Waals surface area contributed by atoms with E-state index in [0.29, 0.717) is 18.8 Å². The fourth-order valence-corrected chi connectivity index (χ4v) is 5.33. The lowest BCUT2D eigenvalue weighted by atomic mass is 10.2. The van der Waals surface area contributed by atoms with Crippen molar-refractivity contribution < 1.29 is 17.9 Å². The Balaban J connectivity index is 1.86. The summed E-state index contributed by atoms with van der Waals surface area (Å²) in [6.07, 6.45) is -0.141. The average Bonchev–Trinajstić information content (AvgIpc) is 3.03. The van der Waals surface area contributed by atoms with Crippen LogP contribution in [0.5, 0.6) is 5.75 Å². The highest BCUT2D eigenvalue weighted by Crippen LogP contribution is 2.30. The molecule has 0 spiro atoms. The van der Waals surface area contributed by atoms with Gasteiger partial charge in [0.05, 0.1) is 27.7 Å². The summed E-state index contributed by atoms with van der Waals surface area (Å²) < 4.78 is 36.2. The van der Waals surface area contributed by atoms with E-state index >= 15 is 0 Å². The number of aryl methyl sites for hydroxylation is 2. The quantitative estimate of drug-likeness (QED) is 0.472. The first-order chi connectivity index (χ1) is 16.1. The van der Waals surface area contributed by atoms with Crippen molar-refractivity contribution in [1.29, 1.82) is 0 Å². The minimum absolute atomic E-state index is 0.0298. The van der Waals surface area contributed by atoms with Gasteiger partial charge in [-0.2, -0.15) is 4.31 Å². The maximum Gasteiger partial charge on any atom is 0.328 e. The number of anilines is 1. The summed E-state index contributed by atoms with van der Waals surface area (Å²) in [6, 6.07) is 11.9. The van der Waals surface area contributed by atoms with Gasteiger partial charge < -0.3 is 10.1 Å². The summed E-state index contributed by atoms with van der Waals surface area (Å²) in [5, 5.41) is 2.78. The first-order valence-corrected chi connectivity index (χ1v) is 12.8. The number of nitrogens with zero attached hydrogens (tertiary/aromatic N) is 3. The molecule has 0 aliphatic heterocycles. The van der Waals surface area contributed by atoms with Crippen LogP contribution in [-0.2, 0) is 28.4 Å². The van der Waals surface area contributed by atoms with Crippen LogP contribution >= 0.6 is 0 Å². The molecule has 0 aliphatic rings. The largest absolute Gasteiger partial charge is 0.489 e. The van der Waals surface area contributed by atoms with Crippen LogP contribution < -0.4 is 15.7 Å². The smallest absolute Gasteiger partial charge is 0.328 e. The van der Waals surface area contributed by atoms with Crippen LogP contribution in [0.2, 0.25) is 0 Å². The molecule has 0 bridgehead atoms. The van der Waals surface area contributed by atoms with E-state index in [1.165, 1.54) is 16.4 Å². The Morgan fingerprint density at radius 2 is 1.74 bits per heavy atom. The molecule has 1 aromatic heterocycles. The molecule has 0 saturated heterocycles. The maximum absolute atomic E-state index is 13.0. The fraction of sp³-hybridized carbons (Fsp3) is 0.417. The fourth-order valence-electron chi connectivity index (χ4n) is 3.84. The molecule has 3 aromatic rings. The van der Waals surface area contributed by atoms with E-state index < -0.39 is 10.0 Å². The van der Waals surface area contributed by atoms with Crippen LogP contribution in [0.15, 0.2) is 52.2 Å². The van der Waals surface area contributed by atoms with Gasteiger partial charge in [-0.1, -0.05) is 26.0 Å². The summed E-state index contributed by atoms with van der Waals surface area (Å²) in [4.78, 5) is 25.5. The second-order valence-electron chi connectivity index (χ2n) is 8.19. The molecular weight excluding hydrogens is 456 g/mol. The number of aromatic nitrogens is 2. The molecule has 10 heteroatoms. The van der Waals surface area contributed by atoms with E-state index in [1.807, 2.05) is 38.1 Å². The normalized spacial score (nSPS) is 12.0. The zero-order chi connectivity index (χ0) is 25.0. The third-order valence-electron chi connectivity index (χ3n) is 5.55. The lowest BCUT2D eigenvalue weighted by Gasteiger charge is -2.20. The molecule has 0 radical (unpaired) electrons. The molecule has 3 rings (SSSR count). The number of ether oxygens (including phenoxy) is 1. The van der Waals surface area contributed by atoms with Crippen molar-refractivity contribution in [2.45, 2.75) is 51.7 Å². The summed E-state index contributed by atoms with van der Waals surface area (Å²) >= 11 is 0. The maximum atomic E-state index is 13.0. The van der Waals surface area contributed by atoms with Gasteiger partial charge in [0.2, 0.25) is 15.9 Å². The molecule has 0 aliphatic carbocycles. The number of fused-ring (bicyclic) bond motifs is 1. The number of carbonyl (C=O) groups is 1. The molecular formula is C24H32N4O5S. The zero-order valence-electron chi connectivity index (χ0n) is 20.2. The molecule has 34 heavy (non-hydrogen) atoms. The van der Waals surface area contributed by atoms with Crippen LogP contribution in [0.3, 0.4) is 0 Å². The predicted octanol–water partition coefficient (Wildman–Crippen LogP) is 3.19. The second-order valence-corrected chi connectivity index (χ2v) is 10.1. The summed E-state index contributed by atoms with van der Waals surface area (Å²) in [6.45, 7) is 8.10. The molecule has 0 unspecified atom stereocenters. The van der Waals surface area contributed by atoms with Gasteiger partial charge in [0.1, 0.15) is 5.75 Å². The van der Waals surface area contributed by atoms with Crippen molar-refractivity contribution >= 4 is 32.7 Å². The van der Waals surface area contributed by atoms with Crippen LogP contribution in [0.4, 0.5) is 5.69 Å². The molecule has 1 heterocycles. The number of hydrogen-bond donors (Lipinski definition) is 1. The molecule has 0 atom stereocenters. The number of nitrogens with one attached hydrogen (secondary N) is 1. The van der Waals surface area contributed by atoms with Gasteiger partial charge >= 0.3 is 5.69 Å². The number of sulfonamides is 1. The second kappa shape index (κ2) is 10.4. The Morgan fingerprint density at radius 3 is 2.35 bits per heavy atom. The SMILES string of the molecule is CCN(CC)S(=O)(=O)c1ccc(OC(C)C)c(NC(=O)CCn2c(=O)n(C)c3ccccc32)c1. The molecule has 1 amide bonds. The van der Waals surface area contributed by atoms with Crippen molar-refractivity contribution in [1.82, 2.24) is 13.4 Å². The van der Waals surface area contributed by atoms with Gasteiger partial charge in [0.15, 0.2) is 0 Å². The molecule has 0 fully saturated rings. The van der Waals surface area contributed by atoms with E-state index in [1.54, 1.807) is 36.1 Å². The monoisotopic (exact) mass is 488 g/mol. The molecule has 184 valence electrons. The summed E-state index contributed by atoms with van der Waals surface area (Å²) in [7, 11) is -2.02. The van der Waals surface area contributed by atoms with E-state index in [2.05, 4.69) is 5.32 Å². The third kappa shape index (κ3) is 5.18. The lowest BCUT2D eigenvalue weighted by Crippen LogP contribution is -2.30. The molecule has 2 aromatic carbocycles. The zero-order valence-corrected chi connectivity index (χ0v) is 21.1. The van der Waals surface area contributed by atoms with Crippen LogP contribution in [-0.4, -0.2) is 47.0 Å². The highest BCUT2D eigenvalue weighted by atomic mass is 32.2. The van der Waals surface area contributed by atoms with Gasteiger partial charge in [0.25, 0.3) is 0 Å². The lowest BCUT2D eigenvalue weighted by molar-refractivity contribution is -0.116. The van der Waals surface area contributed by atoms with E-state index in [9.17, 15) is 18.0 Å². The van der Waals surface area contributed by atoms with Gasteiger partial charge in [-0.25, -0.2) is 13.2 Å². The van der Waals surface area contributed by atoms with E-state index in [0.717, 1.165) is 11.0 Å². The van der Waals surface area contributed by atoms with Crippen molar-refractivity contribution in [3.8, 4) is 5.75 Å². The number of carbonyl (C=O) groups excluding carboxylic acids is 1. The molecule has 9 nitrogen and oxygen atoms in total. The predicted molar refractivity (Wildman–Crippen MR) is 133 cm³/mol. The Morgan fingerprint density at radius 1 is 1.09 bits per heavy atom. The van der Waals surface area contributed by atoms with Crippen molar-refractivity contribution in [3.05, 3.63) is 52.9 Å². The first-order valence-electron chi connectivity index (χ1n) is 11.3. The number of hydrogen-bond acceptors (Lipinski definition) is 5. The standard InChI is InChI=1S/C24H32N4O5S/c1-6-27(7-2)34(31,32)18-12-13-22(33-17(3)4)19(16-18)25-23(29)14-15-28-21-11-9-8-10-20(21)26(5)24(28)30/h8-13,16-17H,6-7,14-15H2,1-5H3,(H,25,29). The minimum atomic E-state index is -3.71. The first kappa shape index (κ1) is 25.5. The van der Waals surface area contributed by atoms with Crippen LogP contribution in [0.25, 0.3) is 11.0 Å². The Bertz CT molecular complexity index is 1340. The summed E-state index contributed by atoms with van der Waals surface area (Å²) in [5.41, 5.74) is 1.61. The van der Waals surface area contributed by atoms with Crippen molar-refractivity contribution in [3.63, 3.8) is 0 Å². The van der Waals surface area contributed by atoms with E-state index in [-0.39, 0.29) is 41.2 Å². The van der Waals surface area contributed by atoms with Gasteiger partial charge in [0, 0.05) is 33.1 Å². The van der Waals surface area contributed by atoms with Gasteiger partial charge in [-0.05, 0) is 44.2 Å². The van der Waals surface area contributed by atoms with Crippen molar-refractivity contribution in [2.24, 2.45) is 7.05 Å². The minimum Gasteiger partial charge on any atom is -0.489 e. The summed E-state index contributed by atoms with van der Waals surface area (Å²) in [5.74, 6) is 0.0232. The van der Waals surface area contributed by atoms with Crippen LogP contribution in [0, 0.1) is 0 Å². The number of benzene rings is 2. The Kier molecular flexibility index (Phi) is 7.83. The third-order valence-corrected chi connectivity index (χ3v) is 7.59. The number of amides is 1. The average molecular weight is 489 g/mol. The number of imidazole rings is 1. The Labute approximate surface area is 200 Å². The number of rotatable bonds is 10. The number of para-hydroxylation sites is 2. The van der Waals surface area contributed by atoms with Crippen LogP contribution in [0.1, 0.15) is 34.1 Å². The van der Waals surface area contributed by atoms with Gasteiger partial charge in [-0.3, -0.25) is 13.9 Å². The van der Waals surface area contributed by atoms with Gasteiger partial charge in [-0.15, -0.1) is 0 Å². The van der Waals surface area contributed by atoms with Crippen molar-refractivity contribution in [2.75, 3.05) is 18.4 Å². The molecule has 0 saturated carbocycles. The topological polar surface area (TPSA) is 103 Å². The molecule has 1 N–H and O–H groups in total. The Hall–Kier alpha value is -3.11.